The average molecular weight is 558 g/mol. The van der Waals surface area contributed by atoms with Crippen molar-refractivity contribution in [3.05, 3.63) is 65.3 Å². The molecule has 3 aromatic rings. The highest BCUT2D eigenvalue weighted by molar-refractivity contribution is 7.92. The van der Waals surface area contributed by atoms with Crippen molar-refractivity contribution < 1.29 is 27.6 Å². The Labute approximate surface area is 228 Å². The summed E-state index contributed by atoms with van der Waals surface area (Å²) in [5.74, 6) is -0.187. The fraction of sp³-hybridized carbons (Fsp3) is 0.444. The molecule has 0 spiro atoms. The van der Waals surface area contributed by atoms with Crippen molar-refractivity contribution in [1.82, 2.24) is 19.9 Å². The van der Waals surface area contributed by atoms with Crippen LogP contribution in [-0.4, -0.2) is 78.3 Å². The first-order valence-corrected chi connectivity index (χ1v) is 14.2. The first-order valence-electron chi connectivity index (χ1n) is 12.8. The number of anilines is 1. The topological polar surface area (TPSA) is 138 Å². The number of pyridine rings is 1. The second-order valence-corrected chi connectivity index (χ2v) is 11.7. The Balaban J connectivity index is 1.73. The van der Waals surface area contributed by atoms with Gasteiger partial charge in [0.05, 0.1) is 23.9 Å². The zero-order valence-corrected chi connectivity index (χ0v) is 23.6. The molecule has 0 unspecified atom stereocenters. The lowest BCUT2D eigenvalue weighted by Crippen LogP contribution is -2.49. The number of hydrogen-bond acceptors (Lipinski definition) is 9. The van der Waals surface area contributed by atoms with Crippen molar-refractivity contribution in [3.63, 3.8) is 0 Å². The fourth-order valence-electron chi connectivity index (χ4n) is 4.77. The minimum absolute atomic E-state index is 0.0604. The first kappa shape index (κ1) is 28.5. The lowest BCUT2D eigenvalue weighted by Gasteiger charge is -2.38. The van der Waals surface area contributed by atoms with E-state index in [1.54, 1.807) is 49.3 Å². The third-order valence-corrected chi connectivity index (χ3v) is 8.47. The highest BCUT2D eigenvalue weighted by Crippen LogP contribution is 2.36. The number of carbonyl (C=O) groups is 1. The second kappa shape index (κ2) is 11.7. The number of sulfonamides is 1. The van der Waals surface area contributed by atoms with E-state index >= 15 is 0 Å². The molecule has 1 aliphatic heterocycles. The maximum atomic E-state index is 13.7. The summed E-state index contributed by atoms with van der Waals surface area (Å²) < 4.78 is 40.9. The second-order valence-electron chi connectivity index (χ2n) is 10.1. The number of amides is 1. The normalized spacial score (nSPS) is 18.7. The van der Waals surface area contributed by atoms with E-state index in [9.17, 15) is 18.3 Å². The number of aliphatic hydroxyl groups is 1. The van der Waals surface area contributed by atoms with Gasteiger partial charge in [-0.3, -0.25) is 19.4 Å². The van der Waals surface area contributed by atoms with Crippen molar-refractivity contribution in [2.24, 2.45) is 5.92 Å². The third kappa shape index (κ3) is 6.23. The Hall–Kier alpha value is -3.48. The summed E-state index contributed by atoms with van der Waals surface area (Å²) in [6, 6.07) is 8.21. The molecule has 1 aliphatic rings. The van der Waals surface area contributed by atoms with Crippen LogP contribution in [0, 0.1) is 19.8 Å². The molecule has 39 heavy (non-hydrogen) atoms. The van der Waals surface area contributed by atoms with Gasteiger partial charge in [0.25, 0.3) is 15.9 Å². The van der Waals surface area contributed by atoms with Gasteiger partial charge in [-0.15, -0.1) is 0 Å². The van der Waals surface area contributed by atoms with Crippen LogP contribution in [0.25, 0.3) is 0 Å². The maximum absolute atomic E-state index is 13.7. The number of carbonyl (C=O) groups excluding carboxylic acids is 1. The number of para-hydroxylation sites is 1. The van der Waals surface area contributed by atoms with Crippen LogP contribution in [0.3, 0.4) is 0 Å². The van der Waals surface area contributed by atoms with E-state index < -0.39 is 22.2 Å². The van der Waals surface area contributed by atoms with Gasteiger partial charge in [0.1, 0.15) is 11.8 Å². The van der Waals surface area contributed by atoms with Crippen molar-refractivity contribution in [1.29, 1.82) is 0 Å². The molecule has 1 amide bonds. The largest absolute Gasteiger partial charge is 0.486 e. The number of nitrogens with one attached hydrogen (secondary N) is 1. The summed E-state index contributed by atoms with van der Waals surface area (Å²) in [5, 5.41) is 13.7. The molecule has 0 aliphatic carbocycles. The van der Waals surface area contributed by atoms with Crippen LogP contribution in [0.2, 0.25) is 0 Å². The molecule has 0 saturated heterocycles. The number of ether oxygens (including phenoxy) is 1. The molecule has 0 saturated carbocycles. The van der Waals surface area contributed by atoms with Gasteiger partial charge < -0.3 is 19.3 Å². The van der Waals surface area contributed by atoms with E-state index in [1.807, 2.05) is 26.1 Å². The molecule has 12 heteroatoms. The highest BCUT2D eigenvalue weighted by atomic mass is 32.2. The van der Waals surface area contributed by atoms with E-state index in [4.69, 9.17) is 9.26 Å². The molecule has 210 valence electrons. The van der Waals surface area contributed by atoms with Gasteiger partial charge in [-0.1, -0.05) is 18.1 Å². The number of likely N-dealkylation sites (N-methyl/N-ethyl adjacent to an activating group) is 1. The number of fused-ring (bicyclic) bond motifs is 1. The average Bonchev–Trinajstić information content (AvgIpc) is 3.25. The standard InChI is InChI=1S/C27H35N5O6S/c1-17-13-32(18(2)16-33)27(34)22-7-6-8-23(30-39(35,36)26-19(3)29-38-20(26)4)25(22)37-24(17)15-31(5)14-21-9-11-28-12-10-21/h6-12,17-18,24,30,33H,13-16H2,1-5H3/t17-,18+,24-/m1/s1. The molecular formula is C27H35N5O6S. The van der Waals surface area contributed by atoms with Gasteiger partial charge in [0.2, 0.25) is 0 Å². The molecule has 0 radical (unpaired) electrons. The van der Waals surface area contributed by atoms with E-state index in [1.165, 1.54) is 6.92 Å². The number of benzene rings is 1. The van der Waals surface area contributed by atoms with E-state index in [0.717, 1.165) is 5.56 Å². The SMILES string of the molecule is Cc1noc(C)c1S(=O)(=O)Nc1cccc2c1O[C@H](CN(C)Cc1ccncc1)[C@H](C)CN([C@@H](C)CO)C2=O. The highest BCUT2D eigenvalue weighted by Gasteiger charge is 2.35. The minimum atomic E-state index is -4.10. The first-order chi connectivity index (χ1) is 18.5. The molecule has 0 fully saturated rings. The number of aromatic nitrogens is 2. The van der Waals surface area contributed by atoms with Crippen LogP contribution in [-0.2, 0) is 16.6 Å². The lowest BCUT2D eigenvalue weighted by atomic mass is 9.99. The molecule has 3 atom stereocenters. The van der Waals surface area contributed by atoms with Crippen LogP contribution < -0.4 is 9.46 Å². The number of rotatable bonds is 9. The van der Waals surface area contributed by atoms with Gasteiger partial charge in [0, 0.05) is 37.9 Å². The zero-order valence-electron chi connectivity index (χ0n) is 22.8. The molecule has 2 N–H and O–H groups in total. The summed E-state index contributed by atoms with van der Waals surface area (Å²) in [6.45, 7) is 8.14. The molecular weight excluding hydrogens is 522 g/mol. The maximum Gasteiger partial charge on any atom is 0.267 e. The Morgan fingerprint density at radius 2 is 1.95 bits per heavy atom. The summed E-state index contributed by atoms with van der Waals surface area (Å²) in [4.78, 5) is 21.4. The Kier molecular flexibility index (Phi) is 8.57. The Morgan fingerprint density at radius 3 is 2.59 bits per heavy atom. The Morgan fingerprint density at radius 1 is 1.23 bits per heavy atom. The van der Waals surface area contributed by atoms with E-state index in [-0.39, 0.29) is 51.8 Å². The van der Waals surface area contributed by atoms with Crippen LogP contribution in [0.1, 0.15) is 41.2 Å². The molecule has 4 rings (SSSR count). The monoisotopic (exact) mass is 557 g/mol. The van der Waals surface area contributed by atoms with Gasteiger partial charge in [-0.05, 0) is 57.6 Å². The van der Waals surface area contributed by atoms with Gasteiger partial charge >= 0.3 is 0 Å². The number of aliphatic hydroxyl groups excluding tert-OH is 1. The zero-order chi connectivity index (χ0) is 28.3. The van der Waals surface area contributed by atoms with Crippen molar-refractivity contribution in [2.45, 2.75) is 51.3 Å². The third-order valence-electron chi connectivity index (χ3n) is 6.87. The fourth-order valence-corrected chi connectivity index (χ4v) is 6.16. The predicted molar refractivity (Wildman–Crippen MR) is 145 cm³/mol. The van der Waals surface area contributed by atoms with Crippen LogP contribution >= 0.6 is 0 Å². The Bertz CT molecular complexity index is 1390. The van der Waals surface area contributed by atoms with Gasteiger partial charge in [-0.2, -0.15) is 0 Å². The number of nitrogens with zero attached hydrogens (tertiary/aromatic N) is 4. The number of aryl methyl sites for hydroxylation is 2. The molecule has 0 bridgehead atoms. The minimum Gasteiger partial charge on any atom is -0.486 e. The molecule has 11 nitrogen and oxygen atoms in total. The van der Waals surface area contributed by atoms with Crippen LogP contribution in [0.15, 0.2) is 52.1 Å². The molecule has 1 aromatic carbocycles. The van der Waals surface area contributed by atoms with Gasteiger partial charge in [-0.25, -0.2) is 8.42 Å². The quantitative estimate of drug-likeness (QED) is 0.407. The predicted octanol–water partition coefficient (Wildman–Crippen LogP) is 2.84. The molecule has 3 heterocycles. The molecule has 2 aromatic heterocycles. The van der Waals surface area contributed by atoms with Crippen molar-refractivity contribution in [2.75, 3.05) is 31.5 Å². The van der Waals surface area contributed by atoms with Crippen LogP contribution in [0.5, 0.6) is 5.75 Å². The summed E-state index contributed by atoms with van der Waals surface area (Å²) >= 11 is 0. The summed E-state index contributed by atoms with van der Waals surface area (Å²) in [7, 11) is -2.13. The van der Waals surface area contributed by atoms with Crippen molar-refractivity contribution >= 4 is 21.6 Å². The van der Waals surface area contributed by atoms with Crippen LogP contribution in [0.4, 0.5) is 5.69 Å². The van der Waals surface area contributed by atoms with E-state index in [2.05, 4.69) is 19.8 Å². The van der Waals surface area contributed by atoms with E-state index in [0.29, 0.717) is 19.6 Å². The van der Waals surface area contributed by atoms with Gasteiger partial charge in [0.15, 0.2) is 16.4 Å². The van der Waals surface area contributed by atoms with Crippen molar-refractivity contribution in [3.8, 4) is 5.75 Å². The lowest BCUT2D eigenvalue weighted by molar-refractivity contribution is 0.0344. The number of hydrogen-bond donors (Lipinski definition) is 2. The smallest absolute Gasteiger partial charge is 0.267 e. The summed E-state index contributed by atoms with van der Waals surface area (Å²) in [6.07, 6.45) is 3.08. The summed E-state index contributed by atoms with van der Waals surface area (Å²) in [5.41, 5.74) is 1.66.